The second-order valence-electron chi connectivity index (χ2n) is 4.68. The van der Waals surface area contributed by atoms with Crippen LogP contribution in [0.15, 0.2) is 24.5 Å². The summed E-state index contributed by atoms with van der Waals surface area (Å²) in [7, 11) is 0. The van der Waals surface area contributed by atoms with Crippen LogP contribution < -0.4 is 10.6 Å². The number of hydrogen-bond donors (Lipinski definition) is 2. The van der Waals surface area contributed by atoms with E-state index in [0.29, 0.717) is 13.1 Å². The molecule has 1 rings (SSSR count). The largest absolute Gasteiger partial charge is 0.354 e. The quantitative estimate of drug-likeness (QED) is 0.776. The van der Waals surface area contributed by atoms with E-state index in [1.807, 2.05) is 19.1 Å². The minimum atomic E-state index is -0.0786. The van der Waals surface area contributed by atoms with Crippen LogP contribution in [0.1, 0.15) is 26.3 Å². The van der Waals surface area contributed by atoms with Crippen molar-refractivity contribution in [3.63, 3.8) is 0 Å². The highest BCUT2D eigenvalue weighted by molar-refractivity contribution is 5.78. The van der Waals surface area contributed by atoms with Crippen molar-refractivity contribution >= 4 is 5.91 Å². The Labute approximate surface area is 103 Å². The van der Waals surface area contributed by atoms with Crippen LogP contribution in [0.3, 0.4) is 0 Å². The Kier molecular flexibility index (Phi) is 5.10. The van der Waals surface area contributed by atoms with Crippen LogP contribution in [0.25, 0.3) is 0 Å². The summed E-state index contributed by atoms with van der Waals surface area (Å²) in [6.07, 6.45) is 3.55. The van der Waals surface area contributed by atoms with Crippen LogP contribution >= 0.6 is 0 Å². The molecule has 0 saturated carbocycles. The molecular weight excluding hydrogens is 214 g/mol. The zero-order valence-electron chi connectivity index (χ0n) is 10.8. The molecule has 1 aromatic heterocycles. The van der Waals surface area contributed by atoms with Gasteiger partial charge >= 0.3 is 0 Å². The van der Waals surface area contributed by atoms with E-state index in [9.17, 15) is 4.79 Å². The molecule has 94 valence electrons. The van der Waals surface area contributed by atoms with Crippen LogP contribution in [0.2, 0.25) is 0 Å². The highest BCUT2D eigenvalue weighted by atomic mass is 16.1. The molecule has 0 aliphatic carbocycles. The third kappa shape index (κ3) is 4.53. The van der Waals surface area contributed by atoms with Crippen molar-refractivity contribution in [2.24, 2.45) is 0 Å². The maximum atomic E-state index is 11.5. The van der Waals surface area contributed by atoms with Gasteiger partial charge in [-0.05, 0) is 24.2 Å². The van der Waals surface area contributed by atoms with Gasteiger partial charge in [0.25, 0.3) is 0 Å². The van der Waals surface area contributed by atoms with Gasteiger partial charge in [0, 0.05) is 24.4 Å². The van der Waals surface area contributed by atoms with Gasteiger partial charge in [-0.2, -0.15) is 0 Å². The molecule has 0 radical (unpaired) electrons. The average molecular weight is 235 g/mol. The Bertz CT molecular complexity index is 349. The second kappa shape index (κ2) is 6.35. The fourth-order valence-electron chi connectivity index (χ4n) is 1.53. The van der Waals surface area contributed by atoms with E-state index in [4.69, 9.17) is 0 Å². The summed E-state index contributed by atoms with van der Waals surface area (Å²) in [4.78, 5) is 15.5. The van der Waals surface area contributed by atoms with Crippen molar-refractivity contribution < 1.29 is 4.79 Å². The van der Waals surface area contributed by atoms with E-state index >= 15 is 0 Å². The first-order chi connectivity index (χ1) is 8.06. The van der Waals surface area contributed by atoms with Crippen LogP contribution in [-0.2, 0) is 10.2 Å². The van der Waals surface area contributed by atoms with E-state index in [0.717, 1.165) is 6.54 Å². The highest BCUT2D eigenvalue weighted by Gasteiger charge is 2.20. The lowest BCUT2D eigenvalue weighted by atomic mass is 9.85. The molecule has 1 heterocycles. The van der Waals surface area contributed by atoms with Gasteiger partial charge in [0.05, 0.1) is 6.54 Å². The number of hydrogen-bond acceptors (Lipinski definition) is 3. The van der Waals surface area contributed by atoms with Crippen molar-refractivity contribution in [3.05, 3.63) is 30.1 Å². The lowest BCUT2D eigenvalue weighted by Crippen LogP contribution is -2.40. The molecule has 4 heteroatoms. The number of amides is 1. The van der Waals surface area contributed by atoms with Gasteiger partial charge in [-0.1, -0.05) is 20.8 Å². The normalized spacial score (nSPS) is 11.2. The van der Waals surface area contributed by atoms with Crippen LogP contribution in [0.5, 0.6) is 0 Å². The van der Waals surface area contributed by atoms with E-state index in [2.05, 4.69) is 29.5 Å². The molecule has 4 nitrogen and oxygen atoms in total. The first kappa shape index (κ1) is 13.6. The topological polar surface area (TPSA) is 54.0 Å². The van der Waals surface area contributed by atoms with Crippen LogP contribution in [0, 0.1) is 0 Å². The fraction of sp³-hybridized carbons (Fsp3) is 0.538. The monoisotopic (exact) mass is 235 g/mol. The molecule has 0 bridgehead atoms. The Hall–Kier alpha value is -1.42. The summed E-state index contributed by atoms with van der Waals surface area (Å²) in [6.45, 7) is 8.01. The minimum Gasteiger partial charge on any atom is -0.354 e. The van der Waals surface area contributed by atoms with Crippen LogP contribution in [0.4, 0.5) is 0 Å². The molecule has 1 aromatic rings. The van der Waals surface area contributed by atoms with Gasteiger partial charge in [0.15, 0.2) is 0 Å². The summed E-state index contributed by atoms with van der Waals surface area (Å²) >= 11 is 0. The van der Waals surface area contributed by atoms with Crippen molar-refractivity contribution in [2.75, 3.05) is 19.6 Å². The van der Waals surface area contributed by atoms with Crippen molar-refractivity contribution in [1.82, 2.24) is 15.6 Å². The standard InChI is InChI=1S/C13H21N3O/c1-4-14-9-12(17)16-10-13(2,3)11-5-7-15-8-6-11/h5-8,14H,4,9-10H2,1-3H3,(H,16,17). The molecule has 1 amide bonds. The maximum Gasteiger partial charge on any atom is 0.233 e. The predicted octanol–water partition coefficient (Wildman–Crippen LogP) is 1.08. The smallest absolute Gasteiger partial charge is 0.233 e. The summed E-state index contributed by atoms with van der Waals surface area (Å²) in [6, 6.07) is 3.97. The highest BCUT2D eigenvalue weighted by Crippen LogP contribution is 2.20. The molecule has 0 fully saturated rings. The molecule has 0 atom stereocenters. The number of likely N-dealkylation sites (N-methyl/N-ethyl adjacent to an activating group) is 1. The molecule has 0 spiro atoms. The number of nitrogens with one attached hydrogen (secondary N) is 2. The number of pyridine rings is 1. The van der Waals surface area contributed by atoms with Gasteiger partial charge in [0.1, 0.15) is 0 Å². The number of nitrogens with zero attached hydrogens (tertiary/aromatic N) is 1. The zero-order valence-corrected chi connectivity index (χ0v) is 10.8. The fourth-order valence-corrected chi connectivity index (χ4v) is 1.53. The Morgan fingerprint density at radius 3 is 2.59 bits per heavy atom. The maximum absolute atomic E-state index is 11.5. The van der Waals surface area contributed by atoms with E-state index < -0.39 is 0 Å². The van der Waals surface area contributed by atoms with E-state index in [1.54, 1.807) is 12.4 Å². The summed E-state index contributed by atoms with van der Waals surface area (Å²) in [5, 5.41) is 5.94. The molecular formula is C13H21N3O. The van der Waals surface area contributed by atoms with Gasteiger partial charge < -0.3 is 10.6 Å². The SMILES string of the molecule is CCNCC(=O)NCC(C)(C)c1ccncc1. The number of aromatic nitrogens is 1. The number of carbonyl (C=O) groups excluding carboxylic acids is 1. The molecule has 0 saturated heterocycles. The summed E-state index contributed by atoms with van der Waals surface area (Å²) in [5.41, 5.74) is 1.10. The van der Waals surface area contributed by atoms with Crippen LogP contribution in [-0.4, -0.2) is 30.5 Å². The summed E-state index contributed by atoms with van der Waals surface area (Å²) in [5.74, 6) is 0.0361. The van der Waals surface area contributed by atoms with Gasteiger partial charge in [-0.15, -0.1) is 0 Å². The number of carbonyl (C=O) groups is 1. The molecule has 0 aromatic carbocycles. The Morgan fingerprint density at radius 2 is 2.00 bits per heavy atom. The first-order valence-corrected chi connectivity index (χ1v) is 5.94. The van der Waals surface area contributed by atoms with E-state index in [1.165, 1.54) is 5.56 Å². The molecule has 0 unspecified atom stereocenters. The third-order valence-corrected chi connectivity index (χ3v) is 2.72. The predicted molar refractivity (Wildman–Crippen MR) is 68.8 cm³/mol. The molecule has 0 aliphatic heterocycles. The van der Waals surface area contributed by atoms with Gasteiger partial charge in [0.2, 0.25) is 5.91 Å². The number of rotatable bonds is 6. The molecule has 2 N–H and O–H groups in total. The Morgan fingerprint density at radius 1 is 1.35 bits per heavy atom. The lowest BCUT2D eigenvalue weighted by Gasteiger charge is -2.25. The van der Waals surface area contributed by atoms with Crippen molar-refractivity contribution in [1.29, 1.82) is 0 Å². The third-order valence-electron chi connectivity index (χ3n) is 2.72. The van der Waals surface area contributed by atoms with Gasteiger partial charge in [-0.3, -0.25) is 9.78 Å². The molecule has 0 aliphatic rings. The minimum absolute atomic E-state index is 0.0361. The molecule has 17 heavy (non-hydrogen) atoms. The van der Waals surface area contributed by atoms with Crippen molar-refractivity contribution in [2.45, 2.75) is 26.2 Å². The van der Waals surface area contributed by atoms with Gasteiger partial charge in [-0.25, -0.2) is 0 Å². The Balaban J connectivity index is 2.48. The first-order valence-electron chi connectivity index (χ1n) is 5.94. The zero-order chi connectivity index (χ0) is 12.7. The second-order valence-corrected chi connectivity index (χ2v) is 4.68. The summed E-state index contributed by atoms with van der Waals surface area (Å²) < 4.78 is 0. The lowest BCUT2D eigenvalue weighted by molar-refractivity contribution is -0.120. The van der Waals surface area contributed by atoms with Crippen molar-refractivity contribution in [3.8, 4) is 0 Å². The van der Waals surface area contributed by atoms with E-state index in [-0.39, 0.29) is 11.3 Å². The average Bonchev–Trinajstić information content (AvgIpc) is 2.35.